The van der Waals surface area contributed by atoms with Gasteiger partial charge >= 0.3 is 0 Å². The Hall–Kier alpha value is -7.16. The van der Waals surface area contributed by atoms with Gasteiger partial charge in [0.15, 0.2) is 0 Å². The third-order valence-electron chi connectivity index (χ3n) is 10.5. The summed E-state index contributed by atoms with van der Waals surface area (Å²) in [5, 5.41) is 4.67. The molecule has 0 saturated heterocycles. The third kappa shape index (κ3) is 5.62. The molecule has 254 valence electrons. The van der Waals surface area contributed by atoms with E-state index in [1.54, 1.807) is 0 Å². The summed E-state index contributed by atoms with van der Waals surface area (Å²) in [5.74, 6) is 0. The van der Waals surface area contributed by atoms with Crippen molar-refractivity contribution in [3.8, 4) is 44.5 Å². The molecule has 10 aromatic rings. The summed E-state index contributed by atoms with van der Waals surface area (Å²) < 4.78 is 6.41. The number of nitrogens with zero attached hydrogens (tertiary/aromatic N) is 1. The molecular formula is C52H35NO. The van der Waals surface area contributed by atoms with Gasteiger partial charge < -0.3 is 9.32 Å². The van der Waals surface area contributed by atoms with E-state index in [0.29, 0.717) is 0 Å². The Bertz CT molecular complexity index is 2910. The number of fused-ring (bicyclic) bond motifs is 4. The zero-order valence-electron chi connectivity index (χ0n) is 29.6. The van der Waals surface area contributed by atoms with E-state index in [1.165, 1.54) is 44.2 Å². The maximum Gasteiger partial charge on any atom is 0.137 e. The van der Waals surface area contributed by atoms with Crippen LogP contribution in [0, 0.1) is 0 Å². The number of anilines is 3. The highest BCUT2D eigenvalue weighted by Crippen LogP contribution is 2.46. The van der Waals surface area contributed by atoms with Crippen molar-refractivity contribution in [3.05, 3.63) is 212 Å². The highest BCUT2D eigenvalue weighted by molar-refractivity contribution is 6.14. The summed E-state index contributed by atoms with van der Waals surface area (Å²) in [5.41, 5.74) is 14.5. The van der Waals surface area contributed by atoms with Crippen molar-refractivity contribution in [2.75, 3.05) is 4.90 Å². The van der Waals surface area contributed by atoms with Gasteiger partial charge in [0.25, 0.3) is 0 Å². The predicted octanol–water partition coefficient (Wildman–Crippen LogP) is 14.9. The van der Waals surface area contributed by atoms with E-state index in [-0.39, 0.29) is 0 Å². The lowest BCUT2D eigenvalue weighted by Gasteiger charge is -2.28. The summed E-state index contributed by atoms with van der Waals surface area (Å²) in [6, 6.07) is 75.8. The molecule has 0 fully saturated rings. The molecule has 0 aliphatic heterocycles. The van der Waals surface area contributed by atoms with Crippen LogP contribution < -0.4 is 4.90 Å². The minimum Gasteiger partial charge on any atom is -0.456 e. The van der Waals surface area contributed by atoms with Gasteiger partial charge in [0.1, 0.15) is 11.2 Å². The summed E-state index contributed by atoms with van der Waals surface area (Å²) in [4.78, 5) is 2.39. The summed E-state index contributed by atoms with van der Waals surface area (Å²) in [6.07, 6.45) is 0. The van der Waals surface area contributed by atoms with Crippen LogP contribution in [0.15, 0.2) is 217 Å². The molecule has 0 aliphatic rings. The Morgan fingerprint density at radius 3 is 1.67 bits per heavy atom. The van der Waals surface area contributed by atoms with Crippen LogP contribution in [0.5, 0.6) is 0 Å². The second-order valence-corrected chi connectivity index (χ2v) is 13.7. The molecule has 0 saturated carbocycles. The molecule has 10 rings (SSSR count). The van der Waals surface area contributed by atoms with E-state index in [0.717, 1.165) is 50.1 Å². The summed E-state index contributed by atoms with van der Waals surface area (Å²) >= 11 is 0. The molecule has 9 aromatic carbocycles. The Morgan fingerprint density at radius 2 is 0.852 bits per heavy atom. The lowest BCUT2D eigenvalue weighted by atomic mass is 9.95. The second kappa shape index (κ2) is 13.4. The Balaban J connectivity index is 1.10. The summed E-state index contributed by atoms with van der Waals surface area (Å²) in [7, 11) is 0. The first-order valence-corrected chi connectivity index (χ1v) is 18.4. The minimum absolute atomic E-state index is 0.867. The summed E-state index contributed by atoms with van der Waals surface area (Å²) in [6.45, 7) is 0. The maximum atomic E-state index is 6.41. The van der Waals surface area contributed by atoms with Gasteiger partial charge in [-0.3, -0.25) is 0 Å². The first kappa shape index (κ1) is 31.6. The normalized spacial score (nSPS) is 11.3. The molecule has 2 nitrogen and oxygen atoms in total. The zero-order chi connectivity index (χ0) is 35.8. The molecule has 0 unspecified atom stereocenters. The molecule has 0 aliphatic carbocycles. The smallest absolute Gasteiger partial charge is 0.137 e. The van der Waals surface area contributed by atoms with Crippen molar-refractivity contribution in [2.45, 2.75) is 0 Å². The average molecular weight is 690 g/mol. The van der Waals surface area contributed by atoms with Gasteiger partial charge in [-0.05, 0) is 92.2 Å². The number of para-hydroxylation sites is 2. The molecule has 1 aromatic heterocycles. The van der Waals surface area contributed by atoms with Crippen LogP contribution in [-0.4, -0.2) is 0 Å². The molecular weight excluding hydrogens is 655 g/mol. The van der Waals surface area contributed by atoms with Gasteiger partial charge in [-0.15, -0.1) is 0 Å². The van der Waals surface area contributed by atoms with Crippen LogP contribution in [0.25, 0.3) is 77.2 Å². The number of hydrogen-bond donors (Lipinski definition) is 0. The van der Waals surface area contributed by atoms with Gasteiger partial charge in [0.2, 0.25) is 0 Å². The van der Waals surface area contributed by atoms with Crippen LogP contribution in [0.1, 0.15) is 0 Å². The Kier molecular flexibility index (Phi) is 7.85. The molecule has 0 amide bonds. The van der Waals surface area contributed by atoms with Crippen molar-refractivity contribution in [1.82, 2.24) is 0 Å². The predicted molar refractivity (Wildman–Crippen MR) is 228 cm³/mol. The van der Waals surface area contributed by atoms with Gasteiger partial charge in [-0.2, -0.15) is 0 Å². The van der Waals surface area contributed by atoms with Crippen LogP contribution in [0.4, 0.5) is 17.1 Å². The molecule has 1 heterocycles. The van der Waals surface area contributed by atoms with Gasteiger partial charge in [0.05, 0.1) is 16.8 Å². The highest BCUT2D eigenvalue weighted by Gasteiger charge is 2.22. The van der Waals surface area contributed by atoms with E-state index in [9.17, 15) is 0 Å². The van der Waals surface area contributed by atoms with Crippen molar-refractivity contribution >= 4 is 49.8 Å². The number of furan rings is 1. The standard InChI is InChI=1S/C52H35NO/c1-3-13-36(14-4-1)37-25-27-40(28-26-37)46-18-7-9-21-48(46)53(49-22-12-24-51-52(49)47-19-8-10-23-50(47)54-51)43-32-29-38(30-33-43)41-31-34-45-42(35-41)17-11-20-44(45)39-15-5-2-6-16-39/h1-35H. The fraction of sp³-hybridized carbons (Fsp3) is 0. The number of hydrogen-bond acceptors (Lipinski definition) is 2. The van der Waals surface area contributed by atoms with E-state index in [2.05, 4.69) is 205 Å². The van der Waals surface area contributed by atoms with Crippen LogP contribution in [-0.2, 0) is 0 Å². The largest absolute Gasteiger partial charge is 0.456 e. The lowest BCUT2D eigenvalue weighted by molar-refractivity contribution is 0.669. The number of rotatable bonds is 7. The zero-order valence-corrected chi connectivity index (χ0v) is 29.6. The lowest BCUT2D eigenvalue weighted by Crippen LogP contribution is -2.11. The van der Waals surface area contributed by atoms with E-state index in [1.807, 2.05) is 12.1 Å². The molecule has 2 heteroatoms. The molecule has 54 heavy (non-hydrogen) atoms. The maximum absolute atomic E-state index is 6.41. The van der Waals surface area contributed by atoms with Crippen LogP contribution in [0.2, 0.25) is 0 Å². The van der Waals surface area contributed by atoms with Crippen molar-refractivity contribution < 1.29 is 4.42 Å². The number of benzene rings is 9. The fourth-order valence-electron chi connectivity index (χ4n) is 7.87. The van der Waals surface area contributed by atoms with Crippen LogP contribution in [0.3, 0.4) is 0 Å². The van der Waals surface area contributed by atoms with Gasteiger partial charge in [0, 0.05) is 16.6 Å². The van der Waals surface area contributed by atoms with Crippen molar-refractivity contribution in [2.24, 2.45) is 0 Å². The van der Waals surface area contributed by atoms with Gasteiger partial charge in [-0.25, -0.2) is 0 Å². The van der Waals surface area contributed by atoms with Crippen molar-refractivity contribution in [1.29, 1.82) is 0 Å². The molecule has 0 radical (unpaired) electrons. The molecule has 0 spiro atoms. The van der Waals surface area contributed by atoms with Crippen molar-refractivity contribution in [3.63, 3.8) is 0 Å². The quantitative estimate of drug-likeness (QED) is 0.166. The first-order valence-electron chi connectivity index (χ1n) is 18.4. The van der Waals surface area contributed by atoms with Crippen LogP contribution >= 0.6 is 0 Å². The SMILES string of the molecule is c1ccc(-c2ccc(-c3ccccc3N(c3ccc(-c4ccc5c(-c6ccccc6)cccc5c4)cc3)c3cccc4oc5ccccc5c34)cc2)cc1. The molecule has 0 bridgehead atoms. The van der Waals surface area contributed by atoms with E-state index >= 15 is 0 Å². The third-order valence-corrected chi connectivity index (χ3v) is 10.5. The van der Waals surface area contributed by atoms with E-state index < -0.39 is 0 Å². The molecule has 0 atom stereocenters. The second-order valence-electron chi connectivity index (χ2n) is 13.7. The average Bonchev–Trinajstić information content (AvgIpc) is 3.64. The van der Waals surface area contributed by atoms with Gasteiger partial charge in [-0.1, -0.05) is 170 Å². The Labute approximate surface area is 314 Å². The monoisotopic (exact) mass is 689 g/mol. The Morgan fingerprint density at radius 1 is 0.315 bits per heavy atom. The molecule has 0 N–H and O–H groups in total. The fourth-order valence-corrected chi connectivity index (χ4v) is 7.87. The minimum atomic E-state index is 0.867. The highest BCUT2D eigenvalue weighted by atomic mass is 16.3. The first-order chi connectivity index (χ1) is 26.8. The topological polar surface area (TPSA) is 16.4 Å². The van der Waals surface area contributed by atoms with E-state index in [4.69, 9.17) is 4.42 Å².